The Kier molecular flexibility index (Phi) is 2.20. The zero-order valence-corrected chi connectivity index (χ0v) is 11.6. The molecule has 3 heterocycles. The van der Waals surface area contributed by atoms with Gasteiger partial charge >= 0.3 is 0 Å². The third kappa shape index (κ3) is 1.81. The molecule has 1 aliphatic carbocycles. The van der Waals surface area contributed by atoms with E-state index in [1.165, 1.54) is 12.8 Å². The summed E-state index contributed by atoms with van der Waals surface area (Å²) in [4.78, 5) is 4.27. The average molecular weight is 319 g/mol. The highest BCUT2D eigenvalue weighted by Gasteiger charge is 2.24. The molecule has 0 amide bonds. The summed E-state index contributed by atoms with van der Waals surface area (Å²) in [7, 11) is 0. The summed E-state index contributed by atoms with van der Waals surface area (Å²) in [6.45, 7) is 0. The Balaban J connectivity index is 1.92. The number of pyridine rings is 1. The van der Waals surface area contributed by atoms with Gasteiger partial charge in [-0.15, -0.1) is 5.10 Å². The number of halogens is 1. The Hall–Kier alpha value is -1.89. The van der Waals surface area contributed by atoms with Crippen LogP contribution in [0.3, 0.4) is 0 Å². The highest BCUT2D eigenvalue weighted by Crippen LogP contribution is 2.36. The van der Waals surface area contributed by atoms with Crippen LogP contribution in [0, 0.1) is 0 Å². The van der Waals surface area contributed by atoms with Gasteiger partial charge in [-0.25, -0.2) is 4.52 Å². The molecule has 1 fully saturated rings. The molecule has 19 heavy (non-hydrogen) atoms. The first-order valence-electron chi connectivity index (χ1n) is 6.06. The van der Waals surface area contributed by atoms with Crippen LogP contribution in [0.5, 0.6) is 0 Å². The highest BCUT2D eigenvalue weighted by atomic mass is 79.9. The van der Waals surface area contributed by atoms with Crippen molar-refractivity contribution in [1.82, 2.24) is 24.4 Å². The van der Waals surface area contributed by atoms with Gasteiger partial charge in [-0.3, -0.25) is 4.68 Å². The number of hydrogen-bond donors (Lipinski definition) is 1. The molecule has 2 N–H and O–H groups in total. The van der Waals surface area contributed by atoms with Crippen LogP contribution in [0.15, 0.2) is 29.1 Å². The molecule has 1 aliphatic rings. The molecule has 0 spiro atoms. The van der Waals surface area contributed by atoms with Gasteiger partial charge in [-0.05, 0) is 34.8 Å². The molecule has 0 atom stereocenters. The van der Waals surface area contributed by atoms with Crippen LogP contribution in [-0.2, 0) is 0 Å². The summed E-state index contributed by atoms with van der Waals surface area (Å²) < 4.78 is 4.63. The van der Waals surface area contributed by atoms with E-state index >= 15 is 0 Å². The lowest BCUT2D eigenvalue weighted by atomic mass is 10.1. The molecule has 0 bridgehead atoms. The van der Waals surface area contributed by atoms with Crippen LogP contribution >= 0.6 is 15.9 Å². The van der Waals surface area contributed by atoms with Gasteiger partial charge in [0.25, 0.3) is 0 Å². The number of hydrogen-bond acceptors (Lipinski definition) is 4. The molecule has 7 heteroatoms. The van der Waals surface area contributed by atoms with Crippen molar-refractivity contribution in [1.29, 1.82) is 0 Å². The topological polar surface area (TPSA) is 74.0 Å². The largest absolute Gasteiger partial charge is 0.366 e. The van der Waals surface area contributed by atoms with Gasteiger partial charge in [0.05, 0.1) is 12.2 Å². The van der Waals surface area contributed by atoms with E-state index in [9.17, 15) is 0 Å². The maximum atomic E-state index is 5.67. The number of nitrogens with two attached hydrogens (primary N) is 1. The minimum absolute atomic E-state index is 0.272. The predicted molar refractivity (Wildman–Crippen MR) is 74.6 cm³/mol. The second-order valence-corrected chi connectivity index (χ2v) is 5.67. The lowest BCUT2D eigenvalue weighted by Gasteiger charge is -2.01. The molecule has 0 unspecified atom stereocenters. The van der Waals surface area contributed by atoms with Gasteiger partial charge in [0.1, 0.15) is 0 Å². The van der Waals surface area contributed by atoms with Gasteiger partial charge < -0.3 is 5.73 Å². The highest BCUT2D eigenvalue weighted by molar-refractivity contribution is 9.10. The second kappa shape index (κ2) is 3.80. The molecule has 0 aromatic carbocycles. The summed E-state index contributed by atoms with van der Waals surface area (Å²) in [5.74, 6) is 0.272. The molecule has 0 aliphatic heterocycles. The second-order valence-electron chi connectivity index (χ2n) is 4.75. The molecule has 6 nitrogen and oxygen atoms in total. The van der Waals surface area contributed by atoms with E-state index in [4.69, 9.17) is 5.73 Å². The molecule has 3 aromatic heterocycles. The van der Waals surface area contributed by atoms with Crippen LogP contribution in [0.2, 0.25) is 0 Å². The first-order valence-corrected chi connectivity index (χ1v) is 6.86. The lowest BCUT2D eigenvalue weighted by molar-refractivity contribution is 0.642. The Morgan fingerprint density at radius 1 is 1.32 bits per heavy atom. The lowest BCUT2D eigenvalue weighted by Crippen LogP contribution is -1.92. The van der Waals surface area contributed by atoms with Gasteiger partial charge in [-0.2, -0.15) is 10.1 Å². The zero-order chi connectivity index (χ0) is 13.0. The number of fused-ring (bicyclic) bond motifs is 1. The summed E-state index contributed by atoms with van der Waals surface area (Å²) in [6, 6.07) is 2.58. The van der Waals surface area contributed by atoms with Crippen LogP contribution < -0.4 is 5.73 Å². The van der Waals surface area contributed by atoms with Gasteiger partial charge in [0, 0.05) is 28.0 Å². The van der Waals surface area contributed by atoms with Crippen molar-refractivity contribution < 1.29 is 0 Å². The molecule has 0 radical (unpaired) electrons. The molecule has 3 aromatic rings. The van der Waals surface area contributed by atoms with E-state index in [2.05, 4.69) is 37.3 Å². The van der Waals surface area contributed by atoms with Crippen LogP contribution in [0.4, 0.5) is 5.95 Å². The normalized spacial score (nSPS) is 15.2. The maximum absolute atomic E-state index is 5.67. The summed E-state index contributed by atoms with van der Waals surface area (Å²) >= 11 is 3.48. The number of aromatic nitrogens is 5. The molecule has 0 saturated heterocycles. The number of rotatable bonds is 2. The molecular formula is C12H11BrN6. The van der Waals surface area contributed by atoms with Gasteiger partial charge in [-0.1, -0.05) is 0 Å². The van der Waals surface area contributed by atoms with E-state index in [-0.39, 0.29) is 5.95 Å². The standard InChI is InChI=1S/C12H11BrN6/c13-8-3-10(11-16-12(14)17-19(11)6-8)7-4-15-18(5-7)9-1-2-9/h3-6,9H,1-2H2,(H2,14,17). The monoisotopic (exact) mass is 318 g/mol. The van der Waals surface area contributed by atoms with Crippen LogP contribution in [-0.4, -0.2) is 24.4 Å². The molecule has 1 saturated carbocycles. The van der Waals surface area contributed by atoms with E-state index in [1.807, 2.05) is 23.1 Å². The van der Waals surface area contributed by atoms with E-state index < -0.39 is 0 Å². The Morgan fingerprint density at radius 3 is 2.95 bits per heavy atom. The zero-order valence-electron chi connectivity index (χ0n) is 9.99. The van der Waals surface area contributed by atoms with Crippen molar-refractivity contribution in [3.63, 3.8) is 0 Å². The number of anilines is 1. The fraction of sp³-hybridized carbons (Fsp3) is 0.250. The fourth-order valence-corrected chi connectivity index (χ4v) is 2.62. The van der Waals surface area contributed by atoms with Crippen molar-refractivity contribution >= 4 is 27.5 Å². The SMILES string of the molecule is Nc1nc2c(-c3cnn(C4CC4)c3)cc(Br)cn2n1. The van der Waals surface area contributed by atoms with Gasteiger partial charge in [0.15, 0.2) is 5.65 Å². The predicted octanol–water partition coefficient (Wildman–Crippen LogP) is 2.27. The van der Waals surface area contributed by atoms with Crippen LogP contribution in [0.25, 0.3) is 16.8 Å². The van der Waals surface area contributed by atoms with E-state index in [0.717, 1.165) is 21.2 Å². The summed E-state index contributed by atoms with van der Waals surface area (Å²) in [6.07, 6.45) is 8.20. The van der Waals surface area contributed by atoms with Crippen molar-refractivity contribution in [2.75, 3.05) is 5.73 Å². The molecular weight excluding hydrogens is 308 g/mol. The maximum Gasteiger partial charge on any atom is 0.240 e. The van der Waals surface area contributed by atoms with E-state index in [0.29, 0.717) is 6.04 Å². The minimum atomic E-state index is 0.272. The first-order chi connectivity index (χ1) is 9.20. The third-order valence-corrected chi connectivity index (χ3v) is 3.68. The van der Waals surface area contributed by atoms with Crippen LogP contribution in [0.1, 0.15) is 18.9 Å². The summed E-state index contributed by atoms with van der Waals surface area (Å²) in [5, 5.41) is 8.55. The molecule has 96 valence electrons. The average Bonchev–Trinajstić information content (AvgIpc) is 2.97. The first kappa shape index (κ1) is 11.0. The Bertz CT molecular complexity index is 770. The Labute approximate surface area is 117 Å². The number of nitrogen functional groups attached to an aromatic ring is 1. The minimum Gasteiger partial charge on any atom is -0.366 e. The van der Waals surface area contributed by atoms with Gasteiger partial charge in [0.2, 0.25) is 5.95 Å². The number of nitrogens with zero attached hydrogens (tertiary/aromatic N) is 5. The van der Waals surface area contributed by atoms with Crippen molar-refractivity contribution in [2.24, 2.45) is 0 Å². The molecule has 4 rings (SSSR count). The van der Waals surface area contributed by atoms with Crippen molar-refractivity contribution in [3.8, 4) is 11.1 Å². The quantitative estimate of drug-likeness (QED) is 0.786. The smallest absolute Gasteiger partial charge is 0.240 e. The van der Waals surface area contributed by atoms with E-state index in [1.54, 1.807) is 4.52 Å². The third-order valence-electron chi connectivity index (χ3n) is 3.25. The van der Waals surface area contributed by atoms with Crippen molar-refractivity contribution in [3.05, 3.63) is 29.1 Å². The fourth-order valence-electron chi connectivity index (χ4n) is 2.20. The summed E-state index contributed by atoms with van der Waals surface area (Å²) in [5.41, 5.74) is 8.43. The Morgan fingerprint density at radius 2 is 2.16 bits per heavy atom. The van der Waals surface area contributed by atoms with Crippen molar-refractivity contribution in [2.45, 2.75) is 18.9 Å².